The van der Waals surface area contributed by atoms with Gasteiger partial charge in [0, 0.05) is 22.8 Å². The van der Waals surface area contributed by atoms with Crippen molar-refractivity contribution < 1.29 is 14.3 Å². The summed E-state index contributed by atoms with van der Waals surface area (Å²) in [5.41, 5.74) is 2.04. The van der Waals surface area contributed by atoms with E-state index in [9.17, 15) is 4.79 Å². The van der Waals surface area contributed by atoms with Gasteiger partial charge in [-0.3, -0.25) is 4.79 Å². The normalized spacial score (nSPS) is 11.0. The zero-order chi connectivity index (χ0) is 22.9. The summed E-state index contributed by atoms with van der Waals surface area (Å²) in [5, 5.41) is 12.3. The highest BCUT2D eigenvalue weighted by Crippen LogP contribution is 2.28. The molecule has 0 unspecified atom stereocenters. The van der Waals surface area contributed by atoms with Gasteiger partial charge in [0.25, 0.3) is 0 Å². The van der Waals surface area contributed by atoms with Crippen molar-refractivity contribution in [1.82, 2.24) is 20.1 Å². The van der Waals surface area contributed by atoms with Crippen LogP contribution in [0.1, 0.15) is 23.9 Å². The van der Waals surface area contributed by atoms with Crippen LogP contribution in [0, 0.1) is 0 Å². The molecule has 1 heterocycles. The standard InChI is InChI=1S/C23H25BrN4O3S/c1-4-28-21(26-27-23(28)32-15-17-5-9-18(24)10-6-17)14-25-22(29)12-8-16-7-11-19(30-2)20(13-16)31-3/h5-13H,4,14-15H2,1-3H3,(H,25,29)/b12-8+. The number of methoxy groups -OCH3 is 2. The zero-order valence-corrected chi connectivity index (χ0v) is 20.6. The first-order valence-electron chi connectivity index (χ1n) is 10.0. The molecule has 9 heteroatoms. The van der Waals surface area contributed by atoms with Crippen LogP contribution in [0.15, 0.2) is 58.2 Å². The molecule has 0 fully saturated rings. The van der Waals surface area contributed by atoms with Crippen LogP contribution in [0.4, 0.5) is 0 Å². The van der Waals surface area contributed by atoms with Gasteiger partial charge in [0.2, 0.25) is 5.91 Å². The Bertz CT molecular complexity index is 1080. The van der Waals surface area contributed by atoms with Crippen molar-refractivity contribution >= 4 is 39.7 Å². The van der Waals surface area contributed by atoms with Crippen molar-refractivity contribution in [2.24, 2.45) is 0 Å². The number of hydrogen-bond acceptors (Lipinski definition) is 6. The van der Waals surface area contributed by atoms with E-state index in [1.54, 1.807) is 38.1 Å². The fourth-order valence-electron chi connectivity index (χ4n) is 2.96. The van der Waals surface area contributed by atoms with E-state index in [2.05, 4.69) is 43.6 Å². The number of carbonyl (C=O) groups excluding carboxylic acids is 1. The SMILES string of the molecule is CCn1c(CNC(=O)/C=C/c2ccc(OC)c(OC)c2)nnc1SCc1ccc(Br)cc1. The Hall–Kier alpha value is -2.78. The maximum Gasteiger partial charge on any atom is 0.244 e. The Morgan fingerprint density at radius 3 is 2.56 bits per heavy atom. The van der Waals surface area contributed by atoms with Crippen LogP contribution >= 0.6 is 27.7 Å². The third kappa shape index (κ3) is 6.37. The highest BCUT2D eigenvalue weighted by molar-refractivity contribution is 9.10. The lowest BCUT2D eigenvalue weighted by Gasteiger charge is -2.08. The number of aromatic nitrogens is 3. The molecule has 3 aromatic rings. The number of nitrogens with one attached hydrogen (secondary N) is 1. The monoisotopic (exact) mass is 516 g/mol. The predicted molar refractivity (Wildman–Crippen MR) is 130 cm³/mol. The number of thioether (sulfide) groups is 1. The molecule has 0 saturated carbocycles. The van der Waals surface area contributed by atoms with Gasteiger partial charge in [0.05, 0.1) is 20.8 Å². The summed E-state index contributed by atoms with van der Waals surface area (Å²) >= 11 is 5.07. The summed E-state index contributed by atoms with van der Waals surface area (Å²) in [6, 6.07) is 13.7. The van der Waals surface area contributed by atoms with E-state index in [1.165, 1.54) is 11.6 Å². The lowest BCUT2D eigenvalue weighted by molar-refractivity contribution is -0.116. The molecular formula is C23H25BrN4O3S. The number of carbonyl (C=O) groups is 1. The first-order chi connectivity index (χ1) is 15.5. The molecule has 32 heavy (non-hydrogen) atoms. The van der Waals surface area contributed by atoms with Crippen molar-refractivity contribution in [2.75, 3.05) is 14.2 Å². The van der Waals surface area contributed by atoms with Gasteiger partial charge in [-0.15, -0.1) is 10.2 Å². The molecule has 0 aliphatic carbocycles. The van der Waals surface area contributed by atoms with Crippen molar-refractivity contribution in [3.8, 4) is 11.5 Å². The largest absolute Gasteiger partial charge is 0.493 e. The lowest BCUT2D eigenvalue weighted by atomic mass is 10.2. The summed E-state index contributed by atoms with van der Waals surface area (Å²) in [6.45, 7) is 3.06. The van der Waals surface area contributed by atoms with Crippen LogP contribution in [0.2, 0.25) is 0 Å². The van der Waals surface area contributed by atoms with Gasteiger partial charge in [-0.25, -0.2) is 0 Å². The molecule has 0 spiro atoms. The first kappa shape index (κ1) is 23.9. The Balaban J connectivity index is 1.57. The molecule has 0 aliphatic heterocycles. The van der Waals surface area contributed by atoms with Gasteiger partial charge >= 0.3 is 0 Å². The summed E-state index contributed by atoms with van der Waals surface area (Å²) in [4.78, 5) is 12.3. The zero-order valence-electron chi connectivity index (χ0n) is 18.2. The van der Waals surface area contributed by atoms with Crippen LogP contribution in [-0.4, -0.2) is 34.9 Å². The fraction of sp³-hybridized carbons (Fsp3) is 0.261. The molecule has 3 rings (SSSR count). The molecular weight excluding hydrogens is 492 g/mol. The van der Waals surface area contributed by atoms with Crippen molar-refractivity contribution in [1.29, 1.82) is 0 Å². The number of ether oxygens (including phenoxy) is 2. The molecule has 0 aliphatic rings. The number of benzene rings is 2. The van der Waals surface area contributed by atoms with E-state index in [0.29, 0.717) is 18.0 Å². The minimum absolute atomic E-state index is 0.213. The van der Waals surface area contributed by atoms with E-state index in [0.717, 1.165) is 33.3 Å². The molecule has 168 valence electrons. The van der Waals surface area contributed by atoms with Crippen LogP contribution in [-0.2, 0) is 23.6 Å². The summed E-state index contributed by atoms with van der Waals surface area (Å²) < 4.78 is 13.6. The van der Waals surface area contributed by atoms with Crippen LogP contribution in [0.5, 0.6) is 11.5 Å². The number of rotatable bonds is 10. The fourth-order valence-corrected chi connectivity index (χ4v) is 4.20. The molecule has 1 amide bonds. The van der Waals surface area contributed by atoms with E-state index in [-0.39, 0.29) is 5.91 Å². The molecule has 0 bridgehead atoms. The second-order valence-electron chi connectivity index (χ2n) is 6.72. The van der Waals surface area contributed by atoms with Gasteiger partial charge < -0.3 is 19.4 Å². The highest BCUT2D eigenvalue weighted by Gasteiger charge is 2.12. The predicted octanol–water partition coefficient (Wildman–Crippen LogP) is 4.70. The molecule has 2 aromatic carbocycles. The average Bonchev–Trinajstić information content (AvgIpc) is 3.22. The van der Waals surface area contributed by atoms with Gasteiger partial charge in [0.1, 0.15) is 0 Å². The minimum atomic E-state index is -0.213. The maximum absolute atomic E-state index is 12.3. The Kier molecular flexibility index (Phi) is 8.75. The second-order valence-corrected chi connectivity index (χ2v) is 8.58. The van der Waals surface area contributed by atoms with Gasteiger partial charge in [-0.2, -0.15) is 0 Å². The van der Waals surface area contributed by atoms with Crippen LogP contribution in [0.3, 0.4) is 0 Å². The molecule has 1 aromatic heterocycles. The topological polar surface area (TPSA) is 78.3 Å². The number of nitrogens with zero attached hydrogens (tertiary/aromatic N) is 3. The summed E-state index contributed by atoms with van der Waals surface area (Å²) in [5.74, 6) is 2.56. The second kappa shape index (κ2) is 11.7. The highest BCUT2D eigenvalue weighted by atomic mass is 79.9. The lowest BCUT2D eigenvalue weighted by Crippen LogP contribution is -2.22. The maximum atomic E-state index is 12.3. The number of halogens is 1. The average molecular weight is 517 g/mol. The van der Waals surface area contributed by atoms with Crippen molar-refractivity contribution in [3.63, 3.8) is 0 Å². The Morgan fingerprint density at radius 2 is 1.88 bits per heavy atom. The molecule has 0 saturated heterocycles. The molecule has 7 nitrogen and oxygen atoms in total. The third-order valence-corrected chi connectivity index (χ3v) is 6.21. The number of hydrogen-bond donors (Lipinski definition) is 1. The first-order valence-corrected chi connectivity index (χ1v) is 11.8. The van der Waals surface area contributed by atoms with Crippen LogP contribution < -0.4 is 14.8 Å². The van der Waals surface area contributed by atoms with E-state index in [1.807, 2.05) is 35.8 Å². The third-order valence-electron chi connectivity index (χ3n) is 4.65. The van der Waals surface area contributed by atoms with Gasteiger partial charge in [0.15, 0.2) is 22.5 Å². The van der Waals surface area contributed by atoms with E-state index < -0.39 is 0 Å². The quantitative estimate of drug-likeness (QED) is 0.310. The summed E-state index contributed by atoms with van der Waals surface area (Å²) in [7, 11) is 3.16. The molecule has 1 N–H and O–H groups in total. The summed E-state index contributed by atoms with van der Waals surface area (Å²) in [6.07, 6.45) is 3.21. The van der Waals surface area contributed by atoms with Crippen molar-refractivity contribution in [2.45, 2.75) is 30.9 Å². The number of amides is 1. The minimum Gasteiger partial charge on any atom is -0.493 e. The van der Waals surface area contributed by atoms with Gasteiger partial charge in [-0.1, -0.05) is 45.9 Å². The van der Waals surface area contributed by atoms with E-state index in [4.69, 9.17) is 9.47 Å². The molecule has 0 atom stereocenters. The Labute approximate surface area is 200 Å². The van der Waals surface area contributed by atoms with Gasteiger partial charge in [-0.05, 0) is 48.4 Å². The molecule has 0 radical (unpaired) electrons. The van der Waals surface area contributed by atoms with E-state index >= 15 is 0 Å². The Morgan fingerprint density at radius 1 is 1.12 bits per heavy atom. The van der Waals surface area contributed by atoms with Crippen LogP contribution in [0.25, 0.3) is 6.08 Å². The smallest absolute Gasteiger partial charge is 0.244 e. The van der Waals surface area contributed by atoms with Crippen molar-refractivity contribution in [3.05, 3.63) is 70.0 Å².